The minimum Gasteiger partial charge on any atom is -0.393 e. The second-order valence-electron chi connectivity index (χ2n) is 13.5. The fourth-order valence-corrected chi connectivity index (χ4v) is 10.6. The van der Waals surface area contributed by atoms with Crippen molar-refractivity contribution >= 4 is 0 Å². The maximum atomic E-state index is 10.3. The standard InChI is InChI=1S/C28H46O4/c1-17-8-13-27(31-16-17)18(2)24-26(4)12-10-22-21(23(26)15-28(24,30-5)32-27)7-6-19-14-20(29)9-11-25(19,22)3/h17-24,29H,6-16H2,1-5H3/t17-,18-,19+,20+,21-,22+,23+,24-,25+,26+,27-,28+/m1/s1. The van der Waals surface area contributed by atoms with E-state index in [1.807, 2.05) is 7.11 Å². The zero-order valence-corrected chi connectivity index (χ0v) is 21.1. The highest BCUT2D eigenvalue weighted by atomic mass is 16.8. The van der Waals surface area contributed by atoms with Crippen LogP contribution in [0.2, 0.25) is 0 Å². The Labute approximate surface area is 195 Å². The first-order valence-electron chi connectivity index (χ1n) is 13.7. The summed E-state index contributed by atoms with van der Waals surface area (Å²) in [4.78, 5) is 0. The molecule has 1 N–H and O–H groups in total. The molecule has 6 rings (SSSR count). The SMILES string of the molecule is CO[C@]12C[C@H]3[C@@H]4CC[C@H]5C[C@@H](O)CC[C@]5(C)[C@H]4CC[C@]3(C)[C@H]1[C@@H](C)[C@@]1(CC[C@@H](C)CO1)O2. The number of rotatable bonds is 1. The molecule has 0 unspecified atom stereocenters. The van der Waals surface area contributed by atoms with Gasteiger partial charge >= 0.3 is 0 Å². The van der Waals surface area contributed by atoms with Gasteiger partial charge in [0.1, 0.15) is 0 Å². The highest BCUT2D eigenvalue weighted by molar-refractivity contribution is 5.18. The minimum atomic E-state index is -0.477. The molecule has 2 heterocycles. The molecule has 0 aromatic heterocycles. The first kappa shape index (κ1) is 22.3. The molecule has 0 amide bonds. The summed E-state index contributed by atoms with van der Waals surface area (Å²) in [5, 5.41) is 10.3. The van der Waals surface area contributed by atoms with Crippen LogP contribution in [0.15, 0.2) is 0 Å². The van der Waals surface area contributed by atoms with Gasteiger partial charge in [0.25, 0.3) is 0 Å². The third-order valence-electron chi connectivity index (χ3n) is 12.2. The second-order valence-corrected chi connectivity index (χ2v) is 13.5. The molecule has 4 heteroatoms. The van der Waals surface area contributed by atoms with Gasteiger partial charge in [-0.15, -0.1) is 0 Å². The number of ether oxygens (including phenoxy) is 3. The Hall–Kier alpha value is -0.160. The zero-order valence-electron chi connectivity index (χ0n) is 21.1. The molecule has 182 valence electrons. The van der Waals surface area contributed by atoms with Crippen molar-refractivity contribution in [2.45, 2.75) is 110 Å². The highest BCUT2D eigenvalue weighted by Gasteiger charge is 2.75. The van der Waals surface area contributed by atoms with Gasteiger partial charge in [-0.3, -0.25) is 0 Å². The largest absolute Gasteiger partial charge is 0.393 e. The van der Waals surface area contributed by atoms with Crippen molar-refractivity contribution in [3.63, 3.8) is 0 Å². The molecule has 32 heavy (non-hydrogen) atoms. The molecular weight excluding hydrogens is 400 g/mol. The Morgan fingerprint density at radius 2 is 1.69 bits per heavy atom. The number of fused-ring (bicyclic) bond motifs is 7. The van der Waals surface area contributed by atoms with Gasteiger partial charge in [0.15, 0.2) is 11.6 Å². The van der Waals surface area contributed by atoms with Crippen molar-refractivity contribution in [2.24, 2.45) is 52.3 Å². The lowest BCUT2D eigenvalue weighted by molar-refractivity contribution is -0.337. The molecule has 4 aliphatic carbocycles. The van der Waals surface area contributed by atoms with Crippen LogP contribution in [0.25, 0.3) is 0 Å². The summed E-state index contributed by atoms with van der Waals surface area (Å²) in [7, 11) is 1.89. The van der Waals surface area contributed by atoms with Crippen molar-refractivity contribution in [3.05, 3.63) is 0 Å². The van der Waals surface area contributed by atoms with Crippen molar-refractivity contribution in [3.8, 4) is 0 Å². The number of methoxy groups -OCH3 is 1. The maximum Gasteiger partial charge on any atom is 0.175 e. The Morgan fingerprint density at radius 3 is 2.41 bits per heavy atom. The number of hydrogen-bond acceptors (Lipinski definition) is 4. The molecule has 4 saturated carbocycles. The molecule has 4 nitrogen and oxygen atoms in total. The van der Waals surface area contributed by atoms with Crippen LogP contribution < -0.4 is 0 Å². The average molecular weight is 447 g/mol. The van der Waals surface area contributed by atoms with E-state index in [9.17, 15) is 5.11 Å². The van der Waals surface area contributed by atoms with Crippen LogP contribution in [0.3, 0.4) is 0 Å². The van der Waals surface area contributed by atoms with Gasteiger partial charge in [-0.2, -0.15) is 0 Å². The summed E-state index contributed by atoms with van der Waals surface area (Å²) in [6.07, 6.45) is 11.7. The van der Waals surface area contributed by atoms with Crippen LogP contribution in [-0.2, 0) is 14.2 Å². The fraction of sp³-hybridized carbons (Fsp3) is 1.00. The van der Waals surface area contributed by atoms with E-state index >= 15 is 0 Å². The van der Waals surface area contributed by atoms with Crippen LogP contribution in [0, 0.1) is 52.3 Å². The average Bonchev–Trinajstić information content (AvgIpc) is 3.17. The van der Waals surface area contributed by atoms with E-state index in [1.165, 1.54) is 38.5 Å². The van der Waals surface area contributed by atoms with Crippen molar-refractivity contribution < 1.29 is 19.3 Å². The topological polar surface area (TPSA) is 47.9 Å². The molecule has 2 saturated heterocycles. The summed E-state index contributed by atoms with van der Waals surface area (Å²) in [6, 6.07) is 0. The molecule has 1 spiro atoms. The van der Waals surface area contributed by atoms with E-state index < -0.39 is 11.6 Å². The quantitative estimate of drug-likeness (QED) is 0.556. The monoisotopic (exact) mass is 446 g/mol. The number of hydrogen-bond donors (Lipinski definition) is 1. The molecule has 0 radical (unpaired) electrons. The third-order valence-corrected chi connectivity index (χ3v) is 12.2. The van der Waals surface area contributed by atoms with Crippen LogP contribution >= 0.6 is 0 Å². The maximum absolute atomic E-state index is 10.3. The van der Waals surface area contributed by atoms with Crippen LogP contribution in [0.4, 0.5) is 0 Å². The molecule has 0 bridgehead atoms. The highest BCUT2D eigenvalue weighted by Crippen LogP contribution is 2.74. The van der Waals surface area contributed by atoms with Gasteiger partial charge in [-0.05, 0) is 91.8 Å². The summed E-state index contributed by atoms with van der Waals surface area (Å²) in [6.45, 7) is 10.7. The predicted molar refractivity (Wildman–Crippen MR) is 124 cm³/mol. The van der Waals surface area contributed by atoms with Gasteiger partial charge in [-0.1, -0.05) is 27.7 Å². The van der Waals surface area contributed by atoms with Gasteiger partial charge in [0.05, 0.1) is 12.7 Å². The van der Waals surface area contributed by atoms with Crippen molar-refractivity contribution in [1.82, 2.24) is 0 Å². The zero-order chi connectivity index (χ0) is 22.5. The number of aliphatic hydroxyl groups excluding tert-OH is 1. The van der Waals surface area contributed by atoms with Gasteiger partial charge in [0.2, 0.25) is 0 Å². The van der Waals surface area contributed by atoms with E-state index in [0.29, 0.717) is 35.0 Å². The molecule has 6 fully saturated rings. The van der Waals surface area contributed by atoms with Gasteiger partial charge in [-0.25, -0.2) is 0 Å². The summed E-state index contributed by atoms with van der Waals surface area (Å²) in [5.41, 5.74) is 0.682. The van der Waals surface area contributed by atoms with Crippen LogP contribution in [-0.4, -0.2) is 36.5 Å². The Bertz CT molecular complexity index is 746. The lowest BCUT2D eigenvalue weighted by Crippen LogP contribution is -2.55. The molecule has 0 aromatic rings. The lowest BCUT2D eigenvalue weighted by atomic mass is 9.44. The summed E-state index contributed by atoms with van der Waals surface area (Å²) >= 11 is 0. The van der Waals surface area contributed by atoms with Crippen LogP contribution in [0.1, 0.15) is 91.9 Å². The Morgan fingerprint density at radius 1 is 0.906 bits per heavy atom. The Balaban J connectivity index is 1.32. The van der Waals surface area contributed by atoms with E-state index in [2.05, 4.69) is 27.7 Å². The lowest BCUT2D eigenvalue weighted by Gasteiger charge is -2.61. The first-order valence-corrected chi connectivity index (χ1v) is 13.7. The molecule has 6 aliphatic rings. The fourth-order valence-electron chi connectivity index (χ4n) is 10.6. The van der Waals surface area contributed by atoms with E-state index in [-0.39, 0.29) is 11.5 Å². The van der Waals surface area contributed by atoms with E-state index in [4.69, 9.17) is 14.2 Å². The van der Waals surface area contributed by atoms with Crippen LogP contribution in [0.5, 0.6) is 0 Å². The Kier molecular flexibility index (Phi) is 5.01. The number of aliphatic hydroxyl groups is 1. The smallest absolute Gasteiger partial charge is 0.175 e. The molecule has 12 atom stereocenters. The molecule has 2 aliphatic heterocycles. The summed E-state index contributed by atoms with van der Waals surface area (Å²) in [5.74, 6) is 3.46. The van der Waals surface area contributed by atoms with Gasteiger partial charge in [0, 0.05) is 31.8 Å². The van der Waals surface area contributed by atoms with Crippen molar-refractivity contribution in [2.75, 3.05) is 13.7 Å². The van der Waals surface area contributed by atoms with Gasteiger partial charge < -0.3 is 19.3 Å². The normalized spacial score (nSPS) is 61.7. The first-order chi connectivity index (χ1) is 15.2. The molecule has 0 aromatic carbocycles. The van der Waals surface area contributed by atoms with E-state index in [0.717, 1.165) is 44.1 Å². The predicted octanol–water partition coefficient (Wildman–Crippen LogP) is 5.77. The van der Waals surface area contributed by atoms with Crippen molar-refractivity contribution in [1.29, 1.82) is 0 Å². The third kappa shape index (κ3) is 2.76. The second kappa shape index (κ2) is 7.18. The van der Waals surface area contributed by atoms with E-state index in [1.54, 1.807) is 0 Å². The summed E-state index contributed by atoms with van der Waals surface area (Å²) < 4.78 is 19.9. The molecular formula is C28H46O4. The minimum absolute atomic E-state index is 0.0651.